The van der Waals surface area contributed by atoms with Crippen molar-refractivity contribution < 1.29 is 9.18 Å². The molecule has 0 fully saturated rings. The number of nitrogens with zero attached hydrogens (tertiary/aromatic N) is 4. The standard InChI is InChI=1S/C20H16FN5OS2/c1-26-18(14-5-3-2-4-6-14)24-25-20(26)29-12-17(27)23-19-22-16(11-28-19)13-7-9-15(21)10-8-13/h2-11H,12H2,1H3,(H,22,23,27). The lowest BCUT2D eigenvalue weighted by Gasteiger charge is -2.04. The number of aromatic nitrogens is 4. The summed E-state index contributed by atoms with van der Waals surface area (Å²) in [4.78, 5) is 16.7. The third kappa shape index (κ3) is 4.52. The van der Waals surface area contributed by atoms with E-state index in [1.165, 1.54) is 35.2 Å². The Balaban J connectivity index is 1.36. The molecule has 2 aromatic carbocycles. The summed E-state index contributed by atoms with van der Waals surface area (Å²) in [6.45, 7) is 0. The number of nitrogens with one attached hydrogen (secondary N) is 1. The number of thiazole rings is 1. The van der Waals surface area contributed by atoms with Crippen molar-refractivity contribution in [1.29, 1.82) is 0 Å². The van der Waals surface area contributed by atoms with Crippen molar-refractivity contribution in [2.45, 2.75) is 5.16 Å². The highest BCUT2D eigenvalue weighted by molar-refractivity contribution is 7.99. The van der Waals surface area contributed by atoms with Gasteiger partial charge < -0.3 is 9.88 Å². The Morgan fingerprint density at radius 2 is 1.86 bits per heavy atom. The summed E-state index contributed by atoms with van der Waals surface area (Å²) in [7, 11) is 1.87. The molecule has 0 radical (unpaired) electrons. The van der Waals surface area contributed by atoms with Gasteiger partial charge in [-0.15, -0.1) is 21.5 Å². The monoisotopic (exact) mass is 425 g/mol. The van der Waals surface area contributed by atoms with Crippen molar-refractivity contribution in [2.75, 3.05) is 11.1 Å². The molecular formula is C20H16FN5OS2. The van der Waals surface area contributed by atoms with Gasteiger partial charge in [-0.1, -0.05) is 42.1 Å². The average molecular weight is 426 g/mol. The second-order valence-electron chi connectivity index (χ2n) is 6.11. The first kappa shape index (κ1) is 19.3. The molecule has 29 heavy (non-hydrogen) atoms. The Morgan fingerprint density at radius 3 is 2.62 bits per heavy atom. The smallest absolute Gasteiger partial charge is 0.236 e. The van der Waals surface area contributed by atoms with Crippen LogP contribution in [0.25, 0.3) is 22.6 Å². The SMILES string of the molecule is Cn1c(SCC(=O)Nc2nc(-c3ccc(F)cc3)cs2)nnc1-c1ccccc1. The quantitative estimate of drug-likeness (QED) is 0.461. The van der Waals surface area contributed by atoms with Crippen LogP contribution in [0.3, 0.4) is 0 Å². The molecular weight excluding hydrogens is 409 g/mol. The van der Waals surface area contributed by atoms with Gasteiger partial charge in [0, 0.05) is 23.6 Å². The van der Waals surface area contributed by atoms with Gasteiger partial charge in [-0.25, -0.2) is 9.37 Å². The number of amides is 1. The predicted octanol–water partition coefficient (Wildman–Crippen LogP) is 4.48. The number of thioether (sulfide) groups is 1. The molecule has 0 saturated carbocycles. The zero-order valence-electron chi connectivity index (χ0n) is 15.4. The molecule has 1 N–H and O–H groups in total. The molecule has 2 heterocycles. The van der Waals surface area contributed by atoms with E-state index in [9.17, 15) is 9.18 Å². The molecule has 0 aliphatic rings. The van der Waals surface area contributed by atoms with Gasteiger partial charge in [-0.2, -0.15) is 0 Å². The molecule has 0 aliphatic heterocycles. The van der Waals surface area contributed by atoms with Gasteiger partial charge in [-0.05, 0) is 24.3 Å². The Labute approximate surface area is 174 Å². The highest BCUT2D eigenvalue weighted by Gasteiger charge is 2.14. The summed E-state index contributed by atoms with van der Waals surface area (Å²) in [6, 6.07) is 15.8. The molecule has 4 rings (SSSR count). The van der Waals surface area contributed by atoms with E-state index in [1.807, 2.05) is 47.3 Å². The Morgan fingerprint density at radius 1 is 1.10 bits per heavy atom. The molecule has 6 nitrogen and oxygen atoms in total. The van der Waals surface area contributed by atoms with E-state index in [0.717, 1.165) is 17.0 Å². The maximum Gasteiger partial charge on any atom is 0.236 e. The van der Waals surface area contributed by atoms with Crippen molar-refractivity contribution in [2.24, 2.45) is 7.05 Å². The fraction of sp³-hybridized carbons (Fsp3) is 0.100. The average Bonchev–Trinajstić information content (AvgIpc) is 3.34. The number of hydrogen-bond acceptors (Lipinski definition) is 6. The molecule has 0 saturated heterocycles. The fourth-order valence-corrected chi connectivity index (χ4v) is 4.10. The molecule has 0 spiro atoms. The van der Waals surface area contributed by atoms with Gasteiger partial charge in [0.05, 0.1) is 11.4 Å². The lowest BCUT2D eigenvalue weighted by atomic mass is 10.2. The summed E-state index contributed by atoms with van der Waals surface area (Å²) in [5.41, 5.74) is 2.46. The second kappa shape index (κ2) is 8.54. The fourth-order valence-electron chi connectivity index (χ4n) is 2.65. The van der Waals surface area contributed by atoms with Gasteiger partial charge in [0.25, 0.3) is 0 Å². The predicted molar refractivity (Wildman–Crippen MR) is 113 cm³/mol. The van der Waals surface area contributed by atoms with Crippen LogP contribution < -0.4 is 5.32 Å². The molecule has 0 unspecified atom stereocenters. The molecule has 2 aromatic heterocycles. The van der Waals surface area contributed by atoms with Crippen LogP contribution >= 0.6 is 23.1 Å². The minimum Gasteiger partial charge on any atom is -0.305 e. The van der Waals surface area contributed by atoms with Crippen LogP contribution in [0.1, 0.15) is 0 Å². The number of halogens is 1. The van der Waals surface area contributed by atoms with Gasteiger partial charge in [-0.3, -0.25) is 4.79 Å². The lowest BCUT2D eigenvalue weighted by Crippen LogP contribution is -2.14. The van der Waals surface area contributed by atoms with E-state index < -0.39 is 0 Å². The van der Waals surface area contributed by atoms with Crippen LogP contribution in [0.15, 0.2) is 65.1 Å². The molecule has 4 aromatic rings. The third-order valence-electron chi connectivity index (χ3n) is 4.09. The van der Waals surface area contributed by atoms with E-state index in [1.54, 1.807) is 12.1 Å². The van der Waals surface area contributed by atoms with E-state index >= 15 is 0 Å². The zero-order valence-corrected chi connectivity index (χ0v) is 17.0. The van der Waals surface area contributed by atoms with E-state index in [-0.39, 0.29) is 17.5 Å². The molecule has 9 heteroatoms. The first-order valence-corrected chi connectivity index (χ1v) is 10.6. The summed E-state index contributed by atoms with van der Waals surface area (Å²) in [5.74, 6) is 0.456. The van der Waals surface area contributed by atoms with E-state index in [0.29, 0.717) is 16.0 Å². The largest absolute Gasteiger partial charge is 0.305 e. The Kier molecular flexibility index (Phi) is 5.68. The van der Waals surface area contributed by atoms with Gasteiger partial charge in [0.15, 0.2) is 16.1 Å². The summed E-state index contributed by atoms with van der Waals surface area (Å²) in [5, 5.41) is 14.2. The Hall–Kier alpha value is -3.04. The van der Waals surface area contributed by atoms with Gasteiger partial charge in [0.1, 0.15) is 5.82 Å². The highest BCUT2D eigenvalue weighted by Crippen LogP contribution is 2.26. The van der Waals surface area contributed by atoms with Crippen molar-refractivity contribution in [3.63, 3.8) is 0 Å². The van der Waals surface area contributed by atoms with Crippen LogP contribution in [0, 0.1) is 5.82 Å². The number of benzene rings is 2. The molecule has 0 atom stereocenters. The summed E-state index contributed by atoms with van der Waals surface area (Å²) >= 11 is 2.63. The molecule has 146 valence electrons. The van der Waals surface area contributed by atoms with Crippen LogP contribution in [-0.4, -0.2) is 31.4 Å². The topological polar surface area (TPSA) is 72.7 Å². The minimum atomic E-state index is -0.297. The number of hydrogen-bond donors (Lipinski definition) is 1. The van der Waals surface area contributed by atoms with Gasteiger partial charge in [0.2, 0.25) is 5.91 Å². The number of rotatable bonds is 6. The first-order chi connectivity index (χ1) is 14.1. The van der Waals surface area contributed by atoms with Crippen LogP contribution in [0.5, 0.6) is 0 Å². The van der Waals surface area contributed by atoms with E-state index in [4.69, 9.17) is 0 Å². The summed E-state index contributed by atoms with van der Waals surface area (Å²) < 4.78 is 14.9. The maximum absolute atomic E-state index is 13.0. The lowest BCUT2D eigenvalue weighted by molar-refractivity contribution is -0.113. The van der Waals surface area contributed by atoms with E-state index in [2.05, 4.69) is 20.5 Å². The van der Waals surface area contributed by atoms with Gasteiger partial charge >= 0.3 is 0 Å². The van der Waals surface area contributed by atoms with Crippen molar-refractivity contribution in [3.05, 3.63) is 65.8 Å². The number of carbonyl (C=O) groups excluding carboxylic acids is 1. The second-order valence-corrected chi connectivity index (χ2v) is 7.91. The van der Waals surface area contributed by atoms with Crippen LogP contribution in [0.4, 0.5) is 9.52 Å². The first-order valence-electron chi connectivity index (χ1n) is 8.69. The molecule has 1 amide bonds. The number of anilines is 1. The normalized spacial score (nSPS) is 10.8. The Bertz CT molecular complexity index is 1130. The van der Waals surface area contributed by atoms with Crippen molar-refractivity contribution >= 4 is 34.1 Å². The highest BCUT2D eigenvalue weighted by atomic mass is 32.2. The maximum atomic E-state index is 13.0. The zero-order chi connectivity index (χ0) is 20.2. The molecule has 0 aliphatic carbocycles. The minimum absolute atomic E-state index is 0.181. The van der Waals surface area contributed by atoms with Crippen molar-refractivity contribution in [3.8, 4) is 22.6 Å². The number of carbonyl (C=O) groups is 1. The van der Waals surface area contributed by atoms with Crippen LogP contribution in [-0.2, 0) is 11.8 Å². The molecule has 0 bridgehead atoms. The summed E-state index contributed by atoms with van der Waals surface area (Å²) in [6.07, 6.45) is 0. The van der Waals surface area contributed by atoms with Crippen molar-refractivity contribution in [1.82, 2.24) is 19.7 Å². The van der Waals surface area contributed by atoms with Crippen LogP contribution in [0.2, 0.25) is 0 Å². The third-order valence-corrected chi connectivity index (χ3v) is 5.87.